The van der Waals surface area contributed by atoms with Crippen molar-refractivity contribution in [2.24, 2.45) is 5.92 Å². The Balaban J connectivity index is 2.15. The SMILES string of the molecule is CC(C)C(=O)N1CCCc2occc2C1. The molecule has 1 aromatic heterocycles. The van der Waals surface area contributed by atoms with Gasteiger partial charge >= 0.3 is 0 Å². The topological polar surface area (TPSA) is 33.5 Å². The lowest BCUT2D eigenvalue weighted by Crippen LogP contribution is -2.33. The molecule has 15 heavy (non-hydrogen) atoms. The van der Waals surface area contributed by atoms with Crippen LogP contribution in [0.25, 0.3) is 0 Å². The Kier molecular flexibility index (Phi) is 2.80. The third-order valence-electron chi connectivity index (χ3n) is 2.84. The van der Waals surface area contributed by atoms with Gasteiger partial charge in [-0.05, 0) is 12.5 Å². The molecule has 3 heteroatoms. The van der Waals surface area contributed by atoms with E-state index in [0.717, 1.165) is 25.1 Å². The fourth-order valence-electron chi connectivity index (χ4n) is 2.00. The molecule has 2 rings (SSSR count). The van der Waals surface area contributed by atoms with Gasteiger partial charge in [0.1, 0.15) is 5.76 Å². The Morgan fingerprint density at radius 3 is 3.07 bits per heavy atom. The molecule has 1 aliphatic rings. The average Bonchev–Trinajstić information content (AvgIpc) is 2.54. The van der Waals surface area contributed by atoms with Crippen LogP contribution in [0.1, 0.15) is 31.6 Å². The Morgan fingerprint density at radius 2 is 2.33 bits per heavy atom. The molecular weight excluding hydrogens is 190 g/mol. The summed E-state index contributed by atoms with van der Waals surface area (Å²) in [5, 5.41) is 0. The summed E-state index contributed by atoms with van der Waals surface area (Å²) in [5.74, 6) is 1.37. The summed E-state index contributed by atoms with van der Waals surface area (Å²) in [6.45, 7) is 5.46. The highest BCUT2D eigenvalue weighted by Crippen LogP contribution is 2.20. The molecule has 0 saturated carbocycles. The van der Waals surface area contributed by atoms with Crippen molar-refractivity contribution >= 4 is 5.91 Å². The molecule has 2 heterocycles. The number of hydrogen-bond donors (Lipinski definition) is 0. The monoisotopic (exact) mass is 207 g/mol. The zero-order valence-corrected chi connectivity index (χ0v) is 9.32. The van der Waals surface area contributed by atoms with Crippen LogP contribution in [0.15, 0.2) is 16.7 Å². The Bertz CT molecular complexity index is 354. The van der Waals surface area contributed by atoms with Crippen LogP contribution in [0.4, 0.5) is 0 Å². The van der Waals surface area contributed by atoms with Crippen molar-refractivity contribution in [1.29, 1.82) is 0 Å². The first-order valence-electron chi connectivity index (χ1n) is 5.52. The highest BCUT2D eigenvalue weighted by molar-refractivity contribution is 5.78. The zero-order valence-electron chi connectivity index (χ0n) is 9.32. The molecule has 0 atom stereocenters. The second kappa shape index (κ2) is 4.09. The van der Waals surface area contributed by atoms with Gasteiger partial charge in [-0.25, -0.2) is 0 Å². The molecule has 1 amide bonds. The lowest BCUT2D eigenvalue weighted by Gasteiger charge is -2.22. The molecule has 0 unspecified atom stereocenters. The highest BCUT2D eigenvalue weighted by Gasteiger charge is 2.22. The van der Waals surface area contributed by atoms with Gasteiger partial charge in [0.25, 0.3) is 0 Å². The minimum Gasteiger partial charge on any atom is -0.469 e. The van der Waals surface area contributed by atoms with Crippen LogP contribution in [-0.2, 0) is 17.8 Å². The number of carbonyl (C=O) groups excluding carboxylic acids is 1. The average molecular weight is 207 g/mol. The third-order valence-corrected chi connectivity index (χ3v) is 2.84. The number of hydrogen-bond acceptors (Lipinski definition) is 2. The number of fused-ring (bicyclic) bond motifs is 1. The van der Waals surface area contributed by atoms with E-state index in [1.165, 1.54) is 5.56 Å². The van der Waals surface area contributed by atoms with Crippen LogP contribution in [0.5, 0.6) is 0 Å². The summed E-state index contributed by atoms with van der Waals surface area (Å²) in [6.07, 6.45) is 3.66. The molecule has 3 nitrogen and oxygen atoms in total. The smallest absolute Gasteiger partial charge is 0.225 e. The van der Waals surface area contributed by atoms with Crippen LogP contribution in [0.3, 0.4) is 0 Å². The summed E-state index contributed by atoms with van der Waals surface area (Å²) in [6, 6.07) is 1.97. The number of nitrogens with zero attached hydrogens (tertiary/aromatic N) is 1. The molecule has 0 N–H and O–H groups in total. The van der Waals surface area contributed by atoms with Gasteiger partial charge in [0.15, 0.2) is 0 Å². The van der Waals surface area contributed by atoms with Gasteiger partial charge < -0.3 is 9.32 Å². The third kappa shape index (κ3) is 2.06. The van der Waals surface area contributed by atoms with E-state index in [1.54, 1.807) is 6.26 Å². The zero-order chi connectivity index (χ0) is 10.8. The maximum atomic E-state index is 11.9. The molecule has 0 bridgehead atoms. The molecule has 82 valence electrons. The van der Waals surface area contributed by atoms with E-state index < -0.39 is 0 Å². The van der Waals surface area contributed by atoms with Crippen molar-refractivity contribution in [2.45, 2.75) is 33.2 Å². The Hall–Kier alpha value is -1.25. The van der Waals surface area contributed by atoms with E-state index >= 15 is 0 Å². The van der Waals surface area contributed by atoms with Gasteiger partial charge in [-0.15, -0.1) is 0 Å². The van der Waals surface area contributed by atoms with Crippen molar-refractivity contribution in [1.82, 2.24) is 4.90 Å². The molecular formula is C12H17NO2. The summed E-state index contributed by atoms with van der Waals surface area (Å²) in [5.41, 5.74) is 1.17. The van der Waals surface area contributed by atoms with Crippen LogP contribution in [-0.4, -0.2) is 17.4 Å². The Morgan fingerprint density at radius 1 is 1.53 bits per heavy atom. The predicted molar refractivity (Wildman–Crippen MR) is 57.3 cm³/mol. The predicted octanol–water partition coefficient (Wildman–Crippen LogP) is 2.21. The Labute approximate surface area is 90.1 Å². The lowest BCUT2D eigenvalue weighted by molar-refractivity contribution is -0.135. The van der Waals surface area contributed by atoms with E-state index in [-0.39, 0.29) is 11.8 Å². The van der Waals surface area contributed by atoms with Crippen molar-refractivity contribution in [2.75, 3.05) is 6.54 Å². The minimum atomic E-state index is 0.0819. The van der Waals surface area contributed by atoms with Crippen LogP contribution >= 0.6 is 0 Å². The number of furan rings is 1. The molecule has 0 aliphatic carbocycles. The first kappa shape index (κ1) is 10.3. The fourth-order valence-corrected chi connectivity index (χ4v) is 2.00. The van der Waals surface area contributed by atoms with E-state index in [1.807, 2.05) is 24.8 Å². The second-order valence-electron chi connectivity index (χ2n) is 4.39. The molecule has 0 radical (unpaired) electrons. The highest BCUT2D eigenvalue weighted by atomic mass is 16.3. The van der Waals surface area contributed by atoms with Gasteiger partial charge in [0, 0.05) is 31.0 Å². The van der Waals surface area contributed by atoms with Gasteiger partial charge in [-0.1, -0.05) is 13.8 Å². The summed E-state index contributed by atoms with van der Waals surface area (Å²) < 4.78 is 5.39. The maximum Gasteiger partial charge on any atom is 0.225 e. The van der Waals surface area contributed by atoms with Crippen LogP contribution < -0.4 is 0 Å². The lowest BCUT2D eigenvalue weighted by atomic mass is 10.2. The van der Waals surface area contributed by atoms with Crippen molar-refractivity contribution in [3.8, 4) is 0 Å². The second-order valence-corrected chi connectivity index (χ2v) is 4.39. The summed E-state index contributed by atoms with van der Waals surface area (Å²) in [7, 11) is 0. The number of rotatable bonds is 1. The van der Waals surface area contributed by atoms with Gasteiger partial charge in [-0.3, -0.25) is 4.79 Å². The van der Waals surface area contributed by atoms with Gasteiger partial charge in [0.05, 0.1) is 6.26 Å². The molecule has 1 aliphatic heterocycles. The van der Waals surface area contributed by atoms with E-state index in [2.05, 4.69) is 0 Å². The normalized spacial score (nSPS) is 16.3. The van der Waals surface area contributed by atoms with Crippen LogP contribution in [0.2, 0.25) is 0 Å². The fraction of sp³-hybridized carbons (Fsp3) is 0.583. The summed E-state index contributed by atoms with van der Waals surface area (Å²) >= 11 is 0. The number of carbonyl (C=O) groups is 1. The molecule has 1 aromatic rings. The summed E-state index contributed by atoms with van der Waals surface area (Å²) in [4.78, 5) is 13.8. The molecule has 0 fully saturated rings. The largest absolute Gasteiger partial charge is 0.469 e. The van der Waals surface area contributed by atoms with Crippen LogP contribution in [0, 0.1) is 5.92 Å². The first-order valence-corrected chi connectivity index (χ1v) is 5.52. The quantitative estimate of drug-likeness (QED) is 0.707. The van der Waals surface area contributed by atoms with Crippen molar-refractivity contribution in [3.05, 3.63) is 23.7 Å². The standard InChI is InChI=1S/C12H17NO2/c1-9(2)12(14)13-6-3-4-11-10(8-13)5-7-15-11/h5,7,9H,3-4,6,8H2,1-2H3. The van der Waals surface area contributed by atoms with E-state index in [4.69, 9.17) is 4.42 Å². The molecule has 0 saturated heterocycles. The van der Waals surface area contributed by atoms with Gasteiger partial charge in [-0.2, -0.15) is 0 Å². The number of aryl methyl sites for hydroxylation is 1. The van der Waals surface area contributed by atoms with Crippen molar-refractivity contribution < 1.29 is 9.21 Å². The molecule has 0 spiro atoms. The van der Waals surface area contributed by atoms with Gasteiger partial charge in [0.2, 0.25) is 5.91 Å². The first-order chi connectivity index (χ1) is 7.18. The minimum absolute atomic E-state index is 0.0819. The van der Waals surface area contributed by atoms with E-state index in [9.17, 15) is 4.79 Å². The maximum absolute atomic E-state index is 11.9. The van der Waals surface area contributed by atoms with E-state index in [0.29, 0.717) is 6.54 Å². The number of amides is 1. The van der Waals surface area contributed by atoms with Crippen molar-refractivity contribution in [3.63, 3.8) is 0 Å². The molecule has 0 aromatic carbocycles.